The van der Waals surface area contributed by atoms with Crippen LogP contribution in [0.2, 0.25) is 5.02 Å². The van der Waals surface area contributed by atoms with E-state index in [-0.39, 0.29) is 11.9 Å². The molecule has 0 spiro atoms. The van der Waals surface area contributed by atoms with Gasteiger partial charge in [-0.15, -0.1) is 0 Å². The third-order valence-electron chi connectivity index (χ3n) is 3.45. The van der Waals surface area contributed by atoms with Crippen molar-refractivity contribution in [2.24, 2.45) is 5.92 Å². The highest BCUT2D eigenvalue weighted by Crippen LogP contribution is 2.22. The van der Waals surface area contributed by atoms with E-state index < -0.39 is 0 Å². The van der Waals surface area contributed by atoms with Crippen LogP contribution in [0.4, 0.5) is 5.69 Å². The van der Waals surface area contributed by atoms with E-state index in [0.717, 1.165) is 19.4 Å². The van der Waals surface area contributed by atoms with Crippen LogP contribution in [-0.2, 0) is 0 Å². The molecule has 1 rings (SSSR count). The van der Waals surface area contributed by atoms with Gasteiger partial charge in [-0.05, 0) is 37.0 Å². The molecule has 0 aliphatic carbocycles. The fourth-order valence-electron chi connectivity index (χ4n) is 2.36. The van der Waals surface area contributed by atoms with Crippen molar-refractivity contribution in [2.75, 3.05) is 12.3 Å². The van der Waals surface area contributed by atoms with Crippen molar-refractivity contribution in [3.8, 4) is 0 Å². The first-order chi connectivity index (χ1) is 9.40. The zero-order valence-electron chi connectivity index (χ0n) is 12.8. The van der Waals surface area contributed by atoms with Crippen molar-refractivity contribution in [1.29, 1.82) is 0 Å². The van der Waals surface area contributed by atoms with Gasteiger partial charge in [0.2, 0.25) is 0 Å². The summed E-state index contributed by atoms with van der Waals surface area (Å²) < 4.78 is 0. The van der Waals surface area contributed by atoms with Crippen LogP contribution in [0.1, 0.15) is 50.9 Å². The number of benzene rings is 1. The highest BCUT2D eigenvalue weighted by Gasteiger charge is 2.23. The summed E-state index contributed by atoms with van der Waals surface area (Å²) in [6.07, 6.45) is 1.91. The number of hydrogen-bond acceptors (Lipinski definition) is 2. The Labute approximate surface area is 127 Å². The van der Waals surface area contributed by atoms with Crippen LogP contribution >= 0.6 is 11.6 Å². The highest BCUT2D eigenvalue weighted by molar-refractivity contribution is 6.33. The van der Waals surface area contributed by atoms with Crippen LogP contribution in [-0.4, -0.2) is 23.4 Å². The summed E-state index contributed by atoms with van der Waals surface area (Å²) >= 11 is 5.92. The Morgan fingerprint density at radius 2 is 1.90 bits per heavy atom. The zero-order chi connectivity index (χ0) is 15.3. The number of nitrogens with two attached hydrogens (primary N) is 1. The zero-order valence-corrected chi connectivity index (χ0v) is 13.6. The Bertz CT molecular complexity index is 456. The van der Waals surface area contributed by atoms with E-state index in [0.29, 0.717) is 22.2 Å². The van der Waals surface area contributed by atoms with Crippen molar-refractivity contribution in [3.63, 3.8) is 0 Å². The molecule has 112 valence electrons. The second-order valence-corrected chi connectivity index (χ2v) is 5.97. The lowest BCUT2D eigenvalue weighted by molar-refractivity contribution is 0.0640. The van der Waals surface area contributed by atoms with E-state index >= 15 is 0 Å². The van der Waals surface area contributed by atoms with Gasteiger partial charge in [-0.2, -0.15) is 0 Å². The number of rotatable bonds is 6. The lowest BCUT2D eigenvalue weighted by Gasteiger charge is -2.32. The summed E-state index contributed by atoms with van der Waals surface area (Å²) in [7, 11) is 0. The monoisotopic (exact) mass is 296 g/mol. The molecule has 3 nitrogen and oxygen atoms in total. The highest BCUT2D eigenvalue weighted by atomic mass is 35.5. The number of carbonyl (C=O) groups is 1. The SMILES string of the molecule is CCC(CC)N(CC(C)C)C(=O)c1ccc(Cl)c(N)c1. The first kappa shape index (κ1) is 16.8. The van der Waals surface area contributed by atoms with Crippen molar-refractivity contribution in [1.82, 2.24) is 4.90 Å². The summed E-state index contributed by atoms with van der Waals surface area (Å²) in [5.41, 5.74) is 6.86. The third kappa shape index (κ3) is 4.14. The van der Waals surface area contributed by atoms with Crippen molar-refractivity contribution < 1.29 is 4.79 Å². The average molecular weight is 297 g/mol. The molecule has 20 heavy (non-hydrogen) atoms. The Hall–Kier alpha value is -1.22. The van der Waals surface area contributed by atoms with E-state index in [1.807, 2.05) is 4.90 Å². The molecule has 0 fully saturated rings. The molecule has 1 amide bonds. The molecule has 4 heteroatoms. The number of nitrogen functional groups attached to an aromatic ring is 1. The molecule has 0 atom stereocenters. The normalized spacial score (nSPS) is 11.2. The summed E-state index contributed by atoms with van der Waals surface area (Å²) in [5, 5.41) is 0.486. The minimum Gasteiger partial charge on any atom is -0.398 e. The van der Waals surface area contributed by atoms with Crippen LogP contribution in [0, 0.1) is 5.92 Å². The first-order valence-corrected chi connectivity index (χ1v) is 7.64. The van der Waals surface area contributed by atoms with Crippen LogP contribution in [0.25, 0.3) is 0 Å². The molecule has 2 N–H and O–H groups in total. The minimum absolute atomic E-state index is 0.0377. The smallest absolute Gasteiger partial charge is 0.254 e. The number of hydrogen-bond donors (Lipinski definition) is 1. The van der Waals surface area contributed by atoms with Gasteiger partial charge in [0, 0.05) is 18.2 Å². The molecule has 0 aromatic heterocycles. The van der Waals surface area contributed by atoms with Crippen LogP contribution in [0.15, 0.2) is 18.2 Å². The summed E-state index contributed by atoms with van der Waals surface area (Å²) in [4.78, 5) is 14.7. The molecule has 0 saturated heterocycles. The molecular weight excluding hydrogens is 272 g/mol. The molecule has 1 aromatic carbocycles. The summed E-state index contributed by atoms with van der Waals surface area (Å²) in [6.45, 7) is 9.24. The van der Waals surface area contributed by atoms with Crippen molar-refractivity contribution in [2.45, 2.75) is 46.6 Å². The number of nitrogens with zero attached hydrogens (tertiary/aromatic N) is 1. The lowest BCUT2D eigenvalue weighted by atomic mass is 10.0. The predicted molar refractivity (Wildman–Crippen MR) is 86.1 cm³/mol. The predicted octanol–water partition coefficient (Wildman–Crippen LogP) is 4.21. The molecular formula is C16H25ClN2O. The number of amides is 1. The average Bonchev–Trinajstić information content (AvgIpc) is 2.41. The topological polar surface area (TPSA) is 46.3 Å². The lowest BCUT2D eigenvalue weighted by Crippen LogP contribution is -2.42. The largest absolute Gasteiger partial charge is 0.398 e. The molecule has 0 unspecified atom stereocenters. The Balaban J connectivity index is 3.05. The standard InChI is InChI=1S/C16H25ClN2O/c1-5-13(6-2)19(10-11(3)4)16(20)12-7-8-14(17)15(18)9-12/h7-9,11,13H,5-6,10,18H2,1-4H3. The second kappa shape index (κ2) is 7.53. The maximum atomic E-state index is 12.7. The third-order valence-corrected chi connectivity index (χ3v) is 3.79. The van der Waals surface area contributed by atoms with Crippen molar-refractivity contribution >= 4 is 23.2 Å². The number of carbonyl (C=O) groups excluding carboxylic acids is 1. The van der Waals surface area contributed by atoms with Gasteiger partial charge in [0.1, 0.15) is 0 Å². The first-order valence-electron chi connectivity index (χ1n) is 7.26. The van der Waals surface area contributed by atoms with E-state index in [1.165, 1.54) is 0 Å². The van der Waals surface area contributed by atoms with E-state index in [4.69, 9.17) is 17.3 Å². The van der Waals surface area contributed by atoms with Crippen molar-refractivity contribution in [3.05, 3.63) is 28.8 Å². The van der Waals surface area contributed by atoms with Gasteiger partial charge in [0.25, 0.3) is 5.91 Å². The minimum atomic E-state index is 0.0377. The van der Waals surface area contributed by atoms with Crippen LogP contribution in [0.3, 0.4) is 0 Å². The molecule has 0 aliphatic rings. The van der Waals surface area contributed by atoms with Gasteiger partial charge in [-0.3, -0.25) is 4.79 Å². The Morgan fingerprint density at radius 1 is 1.30 bits per heavy atom. The molecule has 0 radical (unpaired) electrons. The molecule has 1 aromatic rings. The number of halogens is 1. The van der Waals surface area contributed by atoms with E-state index in [9.17, 15) is 4.79 Å². The van der Waals surface area contributed by atoms with Crippen LogP contribution < -0.4 is 5.73 Å². The van der Waals surface area contributed by atoms with Crippen LogP contribution in [0.5, 0.6) is 0 Å². The number of anilines is 1. The summed E-state index contributed by atoms with van der Waals surface area (Å²) in [5.74, 6) is 0.472. The van der Waals surface area contributed by atoms with E-state index in [2.05, 4.69) is 27.7 Å². The second-order valence-electron chi connectivity index (χ2n) is 5.56. The molecule has 0 aliphatic heterocycles. The van der Waals surface area contributed by atoms with E-state index in [1.54, 1.807) is 18.2 Å². The van der Waals surface area contributed by atoms with Gasteiger partial charge in [0.15, 0.2) is 0 Å². The van der Waals surface area contributed by atoms with Gasteiger partial charge < -0.3 is 10.6 Å². The molecule has 0 bridgehead atoms. The van der Waals surface area contributed by atoms with Gasteiger partial charge >= 0.3 is 0 Å². The Morgan fingerprint density at radius 3 is 2.35 bits per heavy atom. The summed E-state index contributed by atoms with van der Waals surface area (Å²) in [6, 6.07) is 5.36. The van der Waals surface area contributed by atoms with Gasteiger partial charge in [-0.1, -0.05) is 39.3 Å². The van der Waals surface area contributed by atoms with Gasteiger partial charge in [-0.25, -0.2) is 0 Å². The fourth-order valence-corrected chi connectivity index (χ4v) is 2.48. The maximum Gasteiger partial charge on any atom is 0.254 e. The maximum absolute atomic E-state index is 12.7. The Kier molecular flexibility index (Phi) is 6.34. The van der Waals surface area contributed by atoms with Gasteiger partial charge in [0.05, 0.1) is 10.7 Å². The molecule has 0 heterocycles. The fraction of sp³-hybridized carbons (Fsp3) is 0.562. The quantitative estimate of drug-likeness (QED) is 0.799. The molecule has 0 saturated carbocycles.